The van der Waals surface area contributed by atoms with Gasteiger partial charge in [-0.2, -0.15) is 0 Å². The molecule has 2 saturated carbocycles. The van der Waals surface area contributed by atoms with Gasteiger partial charge in [-0.15, -0.1) is 0 Å². The lowest BCUT2D eigenvalue weighted by atomic mass is 9.59. The van der Waals surface area contributed by atoms with Gasteiger partial charge in [0.1, 0.15) is 6.10 Å². The van der Waals surface area contributed by atoms with Gasteiger partial charge >= 0.3 is 5.97 Å². The van der Waals surface area contributed by atoms with E-state index in [0.717, 1.165) is 6.42 Å². The van der Waals surface area contributed by atoms with Crippen LogP contribution in [0, 0.1) is 22.7 Å². The van der Waals surface area contributed by atoms with Crippen molar-refractivity contribution in [1.29, 1.82) is 0 Å². The van der Waals surface area contributed by atoms with Gasteiger partial charge in [0.25, 0.3) is 0 Å². The van der Waals surface area contributed by atoms with E-state index < -0.39 is 17.6 Å². The predicted octanol–water partition coefficient (Wildman–Crippen LogP) is 1.65. The molecule has 0 amide bonds. The molecule has 4 nitrogen and oxygen atoms in total. The van der Waals surface area contributed by atoms with E-state index in [4.69, 9.17) is 4.74 Å². The number of aliphatic hydroxyl groups is 2. The van der Waals surface area contributed by atoms with Crippen LogP contribution in [0.3, 0.4) is 0 Å². The summed E-state index contributed by atoms with van der Waals surface area (Å²) in [7, 11) is 0. The highest BCUT2D eigenvalue weighted by Gasteiger charge is 2.64. The monoisotopic (exact) mass is 280 g/mol. The smallest absolute Gasteiger partial charge is 0.334 e. The van der Waals surface area contributed by atoms with Crippen LogP contribution in [0.25, 0.3) is 0 Å². The van der Waals surface area contributed by atoms with E-state index in [1.807, 2.05) is 6.92 Å². The van der Waals surface area contributed by atoms with Gasteiger partial charge in [-0.25, -0.2) is 4.79 Å². The quantitative estimate of drug-likeness (QED) is 0.523. The summed E-state index contributed by atoms with van der Waals surface area (Å²) >= 11 is 0. The molecule has 0 spiro atoms. The third kappa shape index (κ3) is 1.52. The van der Waals surface area contributed by atoms with Crippen LogP contribution < -0.4 is 0 Å². The Kier molecular flexibility index (Phi) is 2.87. The number of fused-ring (bicyclic) bond motifs is 2. The third-order valence-electron chi connectivity index (χ3n) is 6.69. The van der Waals surface area contributed by atoms with Crippen LogP contribution in [0.2, 0.25) is 0 Å². The van der Waals surface area contributed by atoms with Crippen molar-refractivity contribution >= 4 is 5.97 Å². The summed E-state index contributed by atoms with van der Waals surface area (Å²) in [6.45, 7) is 10.2. The predicted molar refractivity (Wildman–Crippen MR) is 73.8 cm³/mol. The SMILES string of the molecule is C=C1C(=O)OC2CC(C)C3(C)CC(O)C(O)C3(C)CC12. The van der Waals surface area contributed by atoms with Gasteiger partial charge in [-0.3, -0.25) is 0 Å². The number of hydrogen-bond acceptors (Lipinski definition) is 4. The fraction of sp³-hybridized carbons (Fsp3) is 0.812. The summed E-state index contributed by atoms with van der Waals surface area (Å²) in [6, 6.07) is 0. The van der Waals surface area contributed by atoms with E-state index in [-0.39, 0.29) is 29.3 Å². The standard InChI is InChI=1S/C16H24O4/c1-8-5-12-10(9(2)14(19)20-12)6-16(4)13(18)11(17)7-15(8,16)3/h8,10-13,17-18H,2,5-7H2,1,3-4H3. The van der Waals surface area contributed by atoms with Crippen molar-refractivity contribution in [3.05, 3.63) is 12.2 Å². The van der Waals surface area contributed by atoms with Crippen molar-refractivity contribution in [2.45, 2.75) is 58.3 Å². The van der Waals surface area contributed by atoms with E-state index in [9.17, 15) is 15.0 Å². The highest BCUT2D eigenvalue weighted by atomic mass is 16.6. The van der Waals surface area contributed by atoms with Crippen LogP contribution >= 0.6 is 0 Å². The molecule has 3 aliphatic rings. The number of ether oxygens (including phenoxy) is 1. The summed E-state index contributed by atoms with van der Waals surface area (Å²) in [4.78, 5) is 11.7. The van der Waals surface area contributed by atoms with Gasteiger partial charge in [0.15, 0.2) is 0 Å². The number of esters is 1. The number of rotatable bonds is 0. The second kappa shape index (κ2) is 4.08. The Morgan fingerprint density at radius 1 is 1.25 bits per heavy atom. The number of carbonyl (C=O) groups is 1. The first-order valence-electron chi connectivity index (χ1n) is 7.46. The molecule has 0 aromatic carbocycles. The molecule has 7 atom stereocenters. The lowest BCUT2D eigenvalue weighted by Gasteiger charge is -2.45. The zero-order chi connectivity index (χ0) is 14.9. The van der Waals surface area contributed by atoms with E-state index in [1.54, 1.807) is 0 Å². The molecule has 3 fully saturated rings. The zero-order valence-electron chi connectivity index (χ0n) is 12.4. The van der Waals surface area contributed by atoms with Crippen molar-refractivity contribution in [2.75, 3.05) is 0 Å². The van der Waals surface area contributed by atoms with Crippen molar-refractivity contribution in [2.24, 2.45) is 22.7 Å². The van der Waals surface area contributed by atoms with Crippen molar-refractivity contribution in [3.8, 4) is 0 Å². The minimum atomic E-state index is -0.753. The van der Waals surface area contributed by atoms with Crippen LogP contribution in [-0.2, 0) is 9.53 Å². The molecule has 7 unspecified atom stereocenters. The average molecular weight is 280 g/mol. The lowest BCUT2D eigenvalue weighted by molar-refractivity contribution is -0.139. The van der Waals surface area contributed by atoms with Gasteiger partial charge in [0.2, 0.25) is 0 Å². The maximum Gasteiger partial charge on any atom is 0.334 e. The molecule has 1 saturated heterocycles. The van der Waals surface area contributed by atoms with Crippen molar-refractivity contribution < 1.29 is 19.7 Å². The minimum absolute atomic E-state index is 0.0308. The molecule has 1 heterocycles. The van der Waals surface area contributed by atoms with Crippen LogP contribution in [0.1, 0.15) is 40.0 Å². The Balaban J connectivity index is 2.04. The van der Waals surface area contributed by atoms with Gasteiger partial charge in [0, 0.05) is 16.9 Å². The Bertz CT molecular complexity index is 473. The van der Waals surface area contributed by atoms with E-state index >= 15 is 0 Å². The van der Waals surface area contributed by atoms with Crippen molar-refractivity contribution in [3.63, 3.8) is 0 Å². The normalized spacial score (nSPS) is 55.1. The summed E-state index contributed by atoms with van der Waals surface area (Å²) in [5.74, 6) is -0.0582. The first-order chi connectivity index (χ1) is 9.20. The van der Waals surface area contributed by atoms with Crippen LogP contribution in [0.4, 0.5) is 0 Å². The summed E-state index contributed by atoms with van der Waals surface area (Å²) in [5, 5.41) is 20.7. The molecule has 0 aromatic rings. The van der Waals surface area contributed by atoms with Gasteiger partial charge < -0.3 is 14.9 Å². The molecular formula is C16H24O4. The van der Waals surface area contributed by atoms with E-state index in [0.29, 0.717) is 18.4 Å². The largest absolute Gasteiger partial charge is 0.458 e. The summed E-state index contributed by atoms with van der Waals surface area (Å²) in [6.07, 6.45) is 0.481. The molecule has 2 aliphatic carbocycles. The molecule has 3 rings (SSSR count). The summed E-state index contributed by atoms with van der Waals surface area (Å²) < 4.78 is 5.46. The topological polar surface area (TPSA) is 66.8 Å². The fourth-order valence-electron chi connectivity index (χ4n) is 4.86. The summed E-state index contributed by atoms with van der Waals surface area (Å²) in [5.41, 5.74) is -0.0355. The Hall–Kier alpha value is -0.870. The molecule has 0 radical (unpaired) electrons. The lowest BCUT2D eigenvalue weighted by Crippen LogP contribution is -2.44. The highest BCUT2D eigenvalue weighted by Crippen LogP contribution is 2.63. The van der Waals surface area contributed by atoms with Crippen LogP contribution in [0.15, 0.2) is 12.2 Å². The zero-order valence-corrected chi connectivity index (χ0v) is 12.4. The second-order valence-corrected chi connectivity index (χ2v) is 7.47. The molecular weight excluding hydrogens is 256 g/mol. The molecule has 0 aromatic heterocycles. The molecule has 112 valence electrons. The number of hydrogen-bond donors (Lipinski definition) is 2. The average Bonchev–Trinajstić information content (AvgIpc) is 2.69. The third-order valence-corrected chi connectivity index (χ3v) is 6.69. The Labute approximate surface area is 119 Å². The Morgan fingerprint density at radius 2 is 1.90 bits per heavy atom. The van der Waals surface area contributed by atoms with Gasteiger partial charge in [-0.05, 0) is 30.6 Å². The molecule has 20 heavy (non-hydrogen) atoms. The van der Waals surface area contributed by atoms with Crippen LogP contribution in [0.5, 0.6) is 0 Å². The highest BCUT2D eigenvalue weighted by molar-refractivity contribution is 5.90. The van der Waals surface area contributed by atoms with Gasteiger partial charge in [-0.1, -0.05) is 27.4 Å². The first kappa shape index (κ1) is 14.1. The second-order valence-electron chi connectivity index (χ2n) is 7.47. The molecule has 1 aliphatic heterocycles. The fourth-order valence-corrected chi connectivity index (χ4v) is 4.86. The number of carbonyl (C=O) groups excluding carboxylic acids is 1. The molecule has 0 bridgehead atoms. The molecule has 4 heteroatoms. The number of aliphatic hydroxyl groups excluding tert-OH is 2. The van der Waals surface area contributed by atoms with Crippen molar-refractivity contribution in [1.82, 2.24) is 0 Å². The Morgan fingerprint density at radius 3 is 2.55 bits per heavy atom. The maximum atomic E-state index is 11.7. The van der Waals surface area contributed by atoms with Gasteiger partial charge in [0.05, 0.1) is 12.2 Å². The minimum Gasteiger partial charge on any atom is -0.458 e. The first-order valence-corrected chi connectivity index (χ1v) is 7.46. The maximum absolute atomic E-state index is 11.7. The van der Waals surface area contributed by atoms with E-state index in [1.165, 1.54) is 0 Å². The van der Waals surface area contributed by atoms with Crippen LogP contribution in [-0.4, -0.2) is 34.5 Å². The molecule has 2 N–H and O–H groups in total. The van der Waals surface area contributed by atoms with E-state index in [2.05, 4.69) is 20.4 Å².